The Morgan fingerprint density at radius 3 is 1.81 bits per heavy atom. The minimum absolute atomic E-state index is 0.0615. The Kier molecular flexibility index (Phi) is 6.71. The summed E-state index contributed by atoms with van der Waals surface area (Å²) >= 11 is 0. The van der Waals surface area contributed by atoms with Gasteiger partial charge in [0.25, 0.3) is 10.0 Å². The maximum atomic E-state index is 13.8. The Labute approximate surface area is 147 Å². The van der Waals surface area contributed by atoms with Crippen LogP contribution in [0, 0.1) is 23.3 Å². The van der Waals surface area contributed by atoms with Gasteiger partial charge in [0.15, 0.2) is 22.3 Å². The summed E-state index contributed by atoms with van der Waals surface area (Å²) in [6.45, 7) is 2.02. The molecule has 0 amide bonds. The number of halogens is 7. The van der Waals surface area contributed by atoms with Crippen molar-refractivity contribution in [1.29, 1.82) is 0 Å². The summed E-state index contributed by atoms with van der Waals surface area (Å²) in [6.07, 6.45) is 0.889. The molecule has 0 aromatic heterocycles. The fourth-order valence-corrected chi connectivity index (χ4v) is 3.98. The molecule has 0 heterocycles. The van der Waals surface area contributed by atoms with Gasteiger partial charge >= 0.3 is 15.5 Å². The quantitative estimate of drug-likeness (QED) is 0.283. The first-order chi connectivity index (χ1) is 12.2. The van der Waals surface area contributed by atoms with E-state index in [1.54, 1.807) is 0 Å². The standard InChI is InChI=1S/C11H8F7NO6S2/c1-2-24-3-4-25-9-5(12)7(14)10(8(15)6(9)13)26(20,21)19-27(22,23)11(16,17)18/h2,19H,1,3-4H2. The molecule has 0 aliphatic heterocycles. The summed E-state index contributed by atoms with van der Waals surface area (Å²) < 4.78 is 145. The molecule has 16 heteroatoms. The largest absolute Gasteiger partial charge is 0.512 e. The number of benzene rings is 1. The molecule has 27 heavy (non-hydrogen) atoms. The Bertz CT molecular complexity index is 914. The summed E-state index contributed by atoms with van der Waals surface area (Å²) in [5, 5.41) is 0. The molecule has 0 unspecified atom stereocenters. The molecule has 1 aromatic rings. The van der Waals surface area contributed by atoms with E-state index < -0.39 is 72.7 Å². The lowest BCUT2D eigenvalue weighted by molar-refractivity contribution is -0.0441. The minimum Gasteiger partial charge on any atom is -0.498 e. The van der Waals surface area contributed by atoms with Gasteiger partial charge in [-0.05, 0) is 0 Å². The molecular weight excluding hydrogens is 439 g/mol. The van der Waals surface area contributed by atoms with E-state index in [4.69, 9.17) is 0 Å². The fourth-order valence-electron chi connectivity index (χ4n) is 1.46. The number of hydrogen-bond donors (Lipinski definition) is 1. The molecule has 0 atom stereocenters. The third kappa shape index (κ3) is 4.81. The molecular formula is C11H8F7NO6S2. The lowest BCUT2D eigenvalue weighted by Gasteiger charge is -2.14. The third-order valence-electron chi connectivity index (χ3n) is 2.54. The number of rotatable bonds is 8. The Morgan fingerprint density at radius 2 is 1.41 bits per heavy atom. The normalized spacial score (nSPS) is 12.7. The summed E-state index contributed by atoms with van der Waals surface area (Å²) in [6, 6.07) is 0. The lowest BCUT2D eigenvalue weighted by Crippen LogP contribution is -2.40. The number of hydrogen-bond acceptors (Lipinski definition) is 6. The van der Waals surface area contributed by atoms with E-state index in [9.17, 15) is 47.6 Å². The highest BCUT2D eigenvalue weighted by Crippen LogP contribution is 2.33. The average molecular weight is 447 g/mol. The van der Waals surface area contributed by atoms with Gasteiger partial charge in [-0.3, -0.25) is 0 Å². The molecule has 0 bridgehead atoms. The van der Waals surface area contributed by atoms with Crippen LogP contribution in [0.25, 0.3) is 0 Å². The summed E-state index contributed by atoms with van der Waals surface area (Å²) in [5.41, 5.74) is -6.20. The average Bonchev–Trinajstić information content (AvgIpc) is 2.50. The topological polar surface area (TPSA) is 98.8 Å². The van der Waals surface area contributed by atoms with E-state index in [0.717, 1.165) is 6.26 Å². The smallest absolute Gasteiger partial charge is 0.498 e. The second kappa shape index (κ2) is 7.89. The summed E-state index contributed by atoms with van der Waals surface area (Å²) in [4.78, 5) is -2.62. The number of alkyl halides is 3. The maximum Gasteiger partial charge on any atom is 0.512 e. The van der Waals surface area contributed by atoms with Gasteiger partial charge in [0.05, 0.1) is 6.26 Å². The van der Waals surface area contributed by atoms with Gasteiger partial charge in [0, 0.05) is 0 Å². The molecule has 0 radical (unpaired) electrons. The predicted octanol–water partition coefficient (Wildman–Crippen LogP) is 1.91. The van der Waals surface area contributed by atoms with Gasteiger partial charge in [-0.25, -0.2) is 25.6 Å². The molecule has 1 aromatic carbocycles. The molecule has 0 aliphatic rings. The van der Waals surface area contributed by atoms with Gasteiger partial charge in [-0.2, -0.15) is 22.0 Å². The highest BCUT2D eigenvalue weighted by atomic mass is 32.3. The van der Waals surface area contributed by atoms with Crippen molar-refractivity contribution in [3.63, 3.8) is 0 Å². The fraction of sp³-hybridized carbons (Fsp3) is 0.273. The SMILES string of the molecule is C=COCCOc1c(F)c(F)c(S(=O)(=O)NS(=O)(=O)C(F)(F)F)c(F)c1F. The third-order valence-corrected chi connectivity index (χ3v) is 5.80. The van der Waals surface area contributed by atoms with Crippen LogP contribution in [0.1, 0.15) is 0 Å². The molecule has 0 spiro atoms. The van der Waals surface area contributed by atoms with Crippen molar-refractivity contribution in [2.24, 2.45) is 0 Å². The van der Waals surface area contributed by atoms with Crippen molar-refractivity contribution in [1.82, 2.24) is 4.13 Å². The molecule has 7 nitrogen and oxygen atoms in total. The first kappa shape index (κ1) is 23.0. The zero-order valence-corrected chi connectivity index (χ0v) is 14.2. The predicted molar refractivity (Wildman–Crippen MR) is 73.2 cm³/mol. The first-order valence-corrected chi connectivity index (χ1v) is 9.20. The van der Waals surface area contributed by atoms with Crippen molar-refractivity contribution in [3.8, 4) is 5.75 Å². The van der Waals surface area contributed by atoms with E-state index in [1.165, 1.54) is 0 Å². The van der Waals surface area contributed by atoms with Gasteiger partial charge in [-0.15, -0.1) is 0 Å². The highest BCUT2D eigenvalue weighted by Gasteiger charge is 2.49. The van der Waals surface area contributed by atoms with Crippen LogP contribution in [0.4, 0.5) is 30.7 Å². The molecule has 0 saturated heterocycles. The first-order valence-electron chi connectivity index (χ1n) is 6.23. The van der Waals surface area contributed by atoms with Crippen LogP contribution >= 0.6 is 0 Å². The van der Waals surface area contributed by atoms with Crippen molar-refractivity contribution in [2.45, 2.75) is 10.4 Å². The number of nitrogens with one attached hydrogen (secondary N) is 1. The van der Waals surface area contributed by atoms with Crippen molar-refractivity contribution >= 4 is 20.0 Å². The van der Waals surface area contributed by atoms with Crippen molar-refractivity contribution in [3.05, 3.63) is 36.1 Å². The van der Waals surface area contributed by atoms with E-state index in [-0.39, 0.29) is 4.13 Å². The second-order valence-corrected chi connectivity index (χ2v) is 7.89. The number of sulfonamides is 2. The van der Waals surface area contributed by atoms with E-state index in [0.29, 0.717) is 0 Å². The van der Waals surface area contributed by atoms with Crippen LogP contribution in [0.3, 0.4) is 0 Å². The van der Waals surface area contributed by atoms with Gasteiger partial charge in [0.1, 0.15) is 13.2 Å². The molecule has 1 N–H and O–H groups in total. The summed E-state index contributed by atoms with van der Waals surface area (Å²) in [7, 11) is -12.9. The molecule has 0 saturated carbocycles. The van der Waals surface area contributed by atoms with Crippen LogP contribution in [-0.2, 0) is 24.8 Å². The highest BCUT2D eigenvalue weighted by molar-refractivity contribution is 8.05. The summed E-state index contributed by atoms with van der Waals surface area (Å²) in [5.74, 6) is -12.0. The minimum atomic E-state index is -6.67. The molecule has 1 rings (SSSR count). The van der Waals surface area contributed by atoms with Crippen LogP contribution in [0.15, 0.2) is 17.7 Å². The Morgan fingerprint density at radius 1 is 0.926 bits per heavy atom. The van der Waals surface area contributed by atoms with Crippen molar-refractivity contribution in [2.75, 3.05) is 13.2 Å². The van der Waals surface area contributed by atoms with Crippen molar-refractivity contribution < 1.29 is 57.0 Å². The lowest BCUT2D eigenvalue weighted by atomic mass is 10.3. The van der Waals surface area contributed by atoms with Gasteiger partial charge < -0.3 is 9.47 Å². The monoisotopic (exact) mass is 447 g/mol. The van der Waals surface area contributed by atoms with Crippen LogP contribution < -0.4 is 8.86 Å². The van der Waals surface area contributed by atoms with E-state index >= 15 is 0 Å². The maximum absolute atomic E-state index is 13.8. The molecule has 0 aliphatic carbocycles. The Hall–Kier alpha value is -2.07. The van der Waals surface area contributed by atoms with Gasteiger partial charge in [-0.1, -0.05) is 10.7 Å². The zero-order chi connectivity index (χ0) is 21.2. The van der Waals surface area contributed by atoms with E-state index in [1.807, 2.05) is 0 Å². The zero-order valence-electron chi connectivity index (χ0n) is 12.6. The second-order valence-electron chi connectivity index (χ2n) is 4.34. The van der Waals surface area contributed by atoms with E-state index in [2.05, 4.69) is 16.1 Å². The van der Waals surface area contributed by atoms with Crippen LogP contribution in [-0.4, -0.2) is 35.6 Å². The number of ether oxygens (including phenoxy) is 2. The Balaban J connectivity index is 3.44. The molecule has 154 valence electrons. The van der Waals surface area contributed by atoms with Gasteiger partial charge in [0.2, 0.25) is 11.6 Å². The van der Waals surface area contributed by atoms with Crippen LogP contribution in [0.2, 0.25) is 0 Å². The van der Waals surface area contributed by atoms with Crippen LogP contribution in [0.5, 0.6) is 5.75 Å². The molecule has 0 fully saturated rings.